The van der Waals surface area contributed by atoms with Crippen LogP contribution in [0.4, 0.5) is 14.5 Å². The fourth-order valence-electron chi connectivity index (χ4n) is 1.77. The molecule has 1 amide bonds. The number of benzene rings is 2. The minimum atomic E-state index is -0.934. The molecule has 2 rings (SSSR count). The van der Waals surface area contributed by atoms with E-state index in [1.165, 1.54) is 19.1 Å². The Hall–Kier alpha value is -1.96. The molecule has 0 fully saturated rings. The minimum Gasteiger partial charge on any atom is -0.479 e. The van der Waals surface area contributed by atoms with Gasteiger partial charge >= 0.3 is 0 Å². The van der Waals surface area contributed by atoms with Crippen LogP contribution in [0.5, 0.6) is 5.75 Å². The van der Waals surface area contributed by atoms with Crippen molar-refractivity contribution in [1.29, 1.82) is 0 Å². The lowest BCUT2D eigenvalue weighted by Crippen LogP contribution is -2.42. The summed E-state index contributed by atoms with van der Waals surface area (Å²) in [4.78, 5) is 12.1. The second-order valence-electron chi connectivity index (χ2n) is 4.90. The summed E-state index contributed by atoms with van der Waals surface area (Å²) < 4.78 is 31.8. The van der Waals surface area contributed by atoms with Crippen LogP contribution in [0.1, 0.15) is 6.92 Å². The molecule has 0 saturated carbocycles. The molecule has 1 atom stereocenters. The molecule has 9 heteroatoms. The summed E-state index contributed by atoms with van der Waals surface area (Å²) in [6.45, 7) is 1.49. The van der Waals surface area contributed by atoms with Crippen molar-refractivity contribution in [1.82, 2.24) is 5.32 Å². The van der Waals surface area contributed by atoms with Crippen LogP contribution in [-0.2, 0) is 4.79 Å². The molecule has 0 aliphatic heterocycles. The second-order valence-corrected chi connectivity index (χ2v) is 6.15. The lowest BCUT2D eigenvalue weighted by atomic mass is 10.3. The van der Waals surface area contributed by atoms with E-state index in [4.69, 9.17) is 40.2 Å². The molecular formula is C16H12Cl2F2N2O2S. The van der Waals surface area contributed by atoms with Gasteiger partial charge in [0.2, 0.25) is 0 Å². The summed E-state index contributed by atoms with van der Waals surface area (Å²) in [6.07, 6.45) is -0.934. The average molecular weight is 405 g/mol. The van der Waals surface area contributed by atoms with Crippen LogP contribution in [0.2, 0.25) is 10.0 Å². The van der Waals surface area contributed by atoms with Crippen molar-refractivity contribution < 1.29 is 18.3 Å². The smallest absolute Gasteiger partial charge is 0.266 e. The normalized spacial score (nSPS) is 11.6. The van der Waals surface area contributed by atoms with Crippen LogP contribution < -0.4 is 15.4 Å². The zero-order valence-corrected chi connectivity index (χ0v) is 15.1. The Balaban J connectivity index is 1.94. The fraction of sp³-hybridized carbons (Fsp3) is 0.125. The number of thiocarbonyl (C=S) groups is 1. The van der Waals surface area contributed by atoms with E-state index in [0.29, 0.717) is 11.1 Å². The molecule has 25 heavy (non-hydrogen) atoms. The highest BCUT2D eigenvalue weighted by molar-refractivity contribution is 7.80. The summed E-state index contributed by atoms with van der Waals surface area (Å²) >= 11 is 16.7. The lowest BCUT2D eigenvalue weighted by molar-refractivity contribution is -0.125. The first-order chi connectivity index (χ1) is 11.8. The molecule has 4 nitrogen and oxygen atoms in total. The van der Waals surface area contributed by atoms with Crippen molar-refractivity contribution >= 4 is 52.1 Å². The van der Waals surface area contributed by atoms with Crippen molar-refractivity contribution in [3.05, 3.63) is 58.1 Å². The Bertz CT molecular complexity index is 821. The van der Waals surface area contributed by atoms with Gasteiger partial charge in [0, 0.05) is 11.1 Å². The zero-order chi connectivity index (χ0) is 18.6. The maximum atomic E-state index is 13.5. The second kappa shape index (κ2) is 8.42. The molecule has 0 heterocycles. The summed E-state index contributed by atoms with van der Waals surface area (Å²) in [6, 6.07) is 7.49. The molecule has 0 spiro atoms. The molecule has 1 unspecified atom stereocenters. The van der Waals surface area contributed by atoms with Gasteiger partial charge in [0.25, 0.3) is 5.91 Å². The predicted octanol–water partition coefficient (Wildman–Crippen LogP) is 4.55. The Morgan fingerprint density at radius 1 is 1.20 bits per heavy atom. The zero-order valence-electron chi connectivity index (χ0n) is 12.8. The number of rotatable bonds is 4. The van der Waals surface area contributed by atoms with E-state index in [2.05, 4.69) is 10.6 Å². The highest BCUT2D eigenvalue weighted by atomic mass is 35.5. The molecule has 0 bridgehead atoms. The first-order valence-electron chi connectivity index (χ1n) is 6.95. The summed E-state index contributed by atoms with van der Waals surface area (Å²) in [5.74, 6) is -1.86. The van der Waals surface area contributed by atoms with Gasteiger partial charge in [-0.3, -0.25) is 10.1 Å². The first-order valence-corrected chi connectivity index (χ1v) is 8.11. The number of hydrogen-bond acceptors (Lipinski definition) is 3. The molecule has 0 aromatic heterocycles. The molecular weight excluding hydrogens is 393 g/mol. The van der Waals surface area contributed by atoms with E-state index in [1.807, 2.05) is 0 Å². The van der Waals surface area contributed by atoms with E-state index < -0.39 is 23.6 Å². The third-order valence-corrected chi connectivity index (χ3v) is 3.72. The first kappa shape index (κ1) is 19.4. The van der Waals surface area contributed by atoms with E-state index in [-0.39, 0.29) is 21.6 Å². The average Bonchev–Trinajstić information content (AvgIpc) is 2.52. The number of hydrogen-bond donors (Lipinski definition) is 2. The number of nitrogens with one attached hydrogen (secondary N) is 2. The molecule has 2 aromatic rings. The van der Waals surface area contributed by atoms with Crippen molar-refractivity contribution in [2.45, 2.75) is 13.0 Å². The molecule has 0 aliphatic carbocycles. The van der Waals surface area contributed by atoms with E-state index in [9.17, 15) is 13.6 Å². The van der Waals surface area contributed by atoms with Gasteiger partial charge in [-0.25, -0.2) is 8.78 Å². The Morgan fingerprint density at radius 3 is 2.56 bits per heavy atom. The van der Waals surface area contributed by atoms with Crippen molar-refractivity contribution in [3.8, 4) is 5.75 Å². The van der Waals surface area contributed by atoms with Crippen molar-refractivity contribution in [2.75, 3.05) is 5.32 Å². The number of amides is 1. The number of carbonyl (C=O) groups is 1. The summed E-state index contributed by atoms with van der Waals surface area (Å²) in [5.41, 5.74) is -0.0685. The van der Waals surface area contributed by atoms with Crippen LogP contribution in [0.25, 0.3) is 0 Å². The Labute approximate surface area is 158 Å². The highest BCUT2D eigenvalue weighted by Gasteiger charge is 2.18. The van der Waals surface area contributed by atoms with Gasteiger partial charge in [-0.15, -0.1) is 0 Å². The molecule has 0 radical (unpaired) electrons. The van der Waals surface area contributed by atoms with Crippen LogP contribution in [0, 0.1) is 11.6 Å². The molecule has 132 valence electrons. The van der Waals surface area contributed by atoms with Crippen LogP contribution >= 0.6 is 35.4 Å². The van der Waals surface area contributed by atoms with Gasteiger partial charge in [-0.05, 0) is 49.5 Å². The molecule has 2 aromatic carbocycles. The number of carbonyl (C=O) groups excluding carboxylic acids is 1. The number of halogens is 4. The van der Waals surface area contributed by atoms with Crippen LogP contribution in [0.15, 0.2) is 36.4 Å². The SMILES string of the molecule is CC(Oc1ccc(Cl)cc1Cl)C(=O)NC(=S)Nc1ccc(F)cc1F. The quantitative estimate of drug-likeness (QED) is 0.733. The minimum absolute atomic E-state index is 0.0685. The standard InChI is InChI=1S/C16H12Cl2F2N2O2S/c1-8(24-14-5-2-9(17)6-11(14)18)15(23)22-16(25)21-13-4-3-10(19)7-12(13)20/h2-8H,1H3,(H2,21,22,23,25). The lowest BCUT2D eigenvalue weighted by Gasteiger charge is -2.16. The Kier molecular flexibility index (Phi) is 6.52. The van der Waals surface area contributed by atoms with Gasteiger partial charge < -0.3 is 10.1 Å². The van der Waals surface area contributed by atoms with Gasteiger partial charge in [0.15, 0.2) is 11.2 Å². The summed E-state index contributed by atoms with van der Waals surface area (Å²) in [7, 11) is 0. The monoisotopic (exact) mass is 404 g/mol. The van der Waals surface area contributed by atoms with E-state index in [1.54, 1.807) is 6.07 Å². The molecule has 2 N–H and O–H groups in total. The van der Waals surface area contributed by atoms with Crippen LogP contribution in [-0.4, -0.2) is 17.1 Å². The largest absolute Gasteiger partial charge is 0.479 e. The molecule has 0 saturated heterocycles. The maximum absolute atomic E-state index is 13.5. The summed E-state index contributed by atoms with van der Waals surface area (Å²) in [5, 5.41) is 5.34. The van der Waals surface area contributed by atoms with Gasteiger partial charge in [0.1, 0.15) is 17.4 Å². The maximum Gasteiger partial charge on any atom is 0.266 e. The van der Waals surface area contributed by atoms with E-state index in [0.717, 1.165) is 12.1 Å². The van der Waals surface area contributed by atoms with Crippen LogP contribution in [0.3, 0.4) is 0 Å². The highest BCUT2D eigenvalue weighted by Crippen LogP contribution is 2.28. The predicted molar refractivity (Wildman–Crippen MR) is 97.3 cm³/mol. The van der Waals surface area contributed by atoms with Crippen molar-refractivity contribution in [2.24, 2.45) is 0 Å². The Morgan fingerprint density at radius 2 is 1.92 bits per heavy atom. The van der Waals surface area contributed by atoms with Gasteiger partial charge in [-0.1, -0.05) is 23.2 Å². The fourth-order valence-corrected chi connectivity index (χ4v) is 2.44. The van der Waals surface area contributed by atoms with Gasteiger partial charge in [-0.2, -0.15) is 0 Å². The number of anilines is 1. The molecule has 0 aliphatic rings. The third kappa shape index (κ3) is 5.52. The topological polar surface area (TPSA) is 50.4 Å². The third-order valence-electron chi connectivity index (χ3n) is 2.98. The van der Waals surface area contributed by atoms with Gasteiger partial charge in [0.05, 0.1) is 10.7 Å². The van der Waals surface area contributed by atoms with E-state index >= 15 is 0 Å². The number of ether oxygens (including phenoxy) is 1. The van der Waals surface area contributed by atoms with Crippen molar-refractivity contribution in [3.63, 3.8) is 0 Å².